The van der Waals surface area contributed by atoms with Gasteiger partial charge in [0.15, 0.2) is 0 Å². The van der Waals surface area contributed by atoms with E-state index in [1.807, 2.05) is 17.5 Å². The molecule has 0 bridgehead atoms. The number of nitrogen functional groups attached to an aromatic ring is 1. The normalized spacial score (nSPS) is 11.6. The van der Waals surface area contributed by atoms with Gasteiger partial charge in [0, 0.05) is 10.4 Å². The van der Waals surface area contributed by atoms with Gasteiger partial charge in [0.1, 0.15) is 10.1 Å². The molecule has 2 rings (SSSR count). The van der Waals surface area contributed by atoms with Crippen molar-refractivity contribution in [3.8, 4) is 10.4 Å². The minimum absolute atomic E-state index is 0.0138. The van der Waals surface area contributed by atoms with E-state index >= 15 is 0 Å². The summed E-state index contributed by atoms with van der Waals surface area (Å²) in [5.74, 6) is 0. The molecule has 0 aliphatic carbocycles. The number of hydrogen-bond acceptors (Lipinski definition) is 5. The number of hydrogen-bond donors (Lipinski definition) is 1. The van der Waals surface area contributed by atoms with Gasteiger partial charge in [-0.15, -0.1) is 11.3 Å². The predicted octanol–water partition coefficient (Wildman–Crippen LogP) is 1.90. The Labute approximate surface area is 97.1 Å². The highest BCUT2D eigenvalue weighted by atomic mass is 32.2. The Morgan fingerprint density at radius 3 is 2.50 bits per heavy atom. The van der Waals surface area contributed by atoms with Crippen LogP contribution in [0.5, 0.6) is 0 Å². The van der Waals surface area contributed by atoms with Crippen LogP contribution in [0.4, 0.5) is 5.69 Å². The summed E-state index contributed by atoms with van der Waals surface area (Å²) in [6.45, 7) is 0. The summed E-state index contributed by atoms with van der Waals surface area (Å²) in [5.41, 5.74) is 6.28. The minimum Gasteiger partial charge on any atom is -0.744 e. The maximum Gasteiger partial charge on any atom is 0.126 e. The van der Waals surface area contributed by atoms with Crippen molar-refractivity contribution in [2.24, 2.45) is 0 Å². The van der Waals surface area contributed by atoms with Crippen LogP contribution in [0.2, 0.25) is 0 Å². The van der Waals surface area contributed by atoms with Crippen molar-refractivity contribution in [2.75, 3.05) is 5.73 Å². The fourth-order valence-electron chi connectivity index (χ4n) is 1.41. The van der Waals surface area contributed by atoms with Gasteiger partial charge in [-0.25, -0.2) is 8.42 Å². The summed E-state index contributed by atoms with van der Waals surface area (Å²) in [6, 6.07) is 8.07. The lowest BCUT2D eigenvalue weighted by Gasteiger charge is -2.12. The van der Waals surface area contributed by atoms with E-state index in [1.165, 1.54) is 23.5 Å². The van der Waals surface area contributed by atoms with Crippen LogP contribution >= 0.6 is 11.3 Å². The smallest absolute Gasteiger partial charge is 0.126 e. The zero-order chi connectivity index (χ0) is 11.8. The van der Waals surface area contributed by atoms with Crippen molar-refractivity contribution >= 4 is 27.1 Å². The van der Waals surface area contributed by atoms with Crippen LogP contribution in [0, 0.1) is 0 Å². The Kier molecular flexibility index (Phi) is 2.71. The molecule has 16 heavy (non-hydrogen) atoms. The van der Waals surface area contributed by atoms with Crippen molar-refractivity contribution in [1.82, 2.24) is 0 Å². The second kappa shape index (κ2) is 3.89. The SMILES string of the molecule is Nc1c(-c2cccs2)cccc1S(=O)(=O)[O-]. The van der Waals surface area contributed by atoms with Gasteiger partial charge in [-0.1, -0.05) is 18.2 Å². The standard InChI is InChI=1S/C10H9NO3S2/c11-10-7(8-4-2-6-15-8)3-1-5-9(10)16(12,13)14/h1-6H,11H2,(H,12,13,14)/p-1. The van der Waals surface area contributed by atoms with Crippen LogP contribution in [-0.2, 0) is 10.1 Å². The van der Waals surface area contributed by atoms with Crippen LogP contribution in [0.1, 0.15) is 0 Å². The monoisotopic (exact) mass is 254 g/mol. The first-order valence-corrected chi connectivity index (χ1v) is 6.67. The molecule has 0 saturated heterocycles. The zero-order valence-corrected chi connectivity index (χ0v) is 9.72. The average molecular weight is 254 g/mol. The van der Waals surface area contributed by atoms with E-state index in [1.54, 1.807) is 6.07 Å². The van der Waals surface area contributed by atoms with E-state index in [0.29, 0.717) is 5.56 Å². The second-order valence-corrected chi connectivity index (χ2v) is 5.44. The third-order valence-electron chi connectivity index (χ3n) is 2.12. The first kappa shape index (κ1) is 11.1. The number of rotatable bonds is 2. The molecule has 0 fully saturated rings. The number of para-hydroxylation sites is 1. The van der Waals surface area contributed by atoms with Crippen molar-refractivity contribution in [2.45, 2.75) is 4.90 Å². The highest BCUT2D eigenvalue weighted by molar-refractivity contribution is 7.86. The predicted molar refractivity (Wildman–Crippen MR) is 62.1 cm³/mol. The Morgan fingerprint density at radius 2 is 1.94 bits per heavy atom. The summed E-state index contributed by atoms with van der Waals surface area (Å²) in [4.78, 5) is 0.474. The van der Waals surface area contributed by atoms with Crippen LogP contribution in [0.15, 0.2) is 40.6 Å². The molecule has 6 heteroatoms. The van der Waals surface area contributed by atoms with E-state index in [-0.39, 0.29) is 10.6 Å². The topological polar surface area (TPSA) is 83.2 Å². The third-order valence-corrected chi connectivity index (χ3v) is 3.92. The Morgan fingerprint density at radius 1 is 1.19 bits per heavy atom. The van der Waals surface area contributed by atoms with Crippen LogP contribution in [0.3, 0.4) is 0 Å². The molecule has 0 amide bonds. The summed E-state index contributed by atoms with van der Waals surface area (Å²) in [6.07, 6.45) is 0. The number of nitrogens with two attached hydrogens (primary N) is 1. The molecule has 0 spiro atoms. The van der Waals surface area contributed by atoms with E-state index in [2.05, 4.69) is 0 Å². The van der Waals surface area contributed by atoms with Crippen LogP contribution in [0.25, 0.3) is 10.4 Å². The number of benzene rings is 1. The molecule has 1 aromatic heterocycles. The molecule has 0 radical (unpaired) electrons. The van der Waals surface area contributed by atoms with Gasteiger partial charge >= 0.3 is 0 Å². The highest BCUT2D eigenvalue weighted by Gasteiger charge is 2.11. The highest BCUT2D eigenvalue weighted by Crippen LogP contribution is 2.33. The van der Waals surface area contributed by atoms with Crippen LogP contribution < -0.4 is 5.73 Å². The van der Waals surface area contributed by atoms with Gasteiger partial charge in [0.05, 0.1) is 10.6 Å². The Hall–Kier alpha value is -1.37. The molecule has 0 unspecified atom stereocenters. The zero-order valence-electron chi connectivity index (χ0n) is 8.08. The van der Waals surface area contributed by atoms with Crippen LogP contribution in [-0.4, -0.2) is 13.0 Å². The molecule has 1 aromatic carbocycles. The van der Waals surface area contributed by atoms with Crippen molar-refractivity contribution in [3.63, 3.8) is 0 Å². The summed E-state index contributed by atoms with van der Waals surface area (Å²) in [5, 5.41) is 1.85. The summed E-state index contributed by atoms with van der Waals surface area (Å²) >= 11 is 1.43. The molecular formula is C10H8NO3S2-. The molecule has 1 heterocycles. The number of anilines is 1. The summed E-state index contributed by atoms with van der Waals surface area (Å²) < 4.78 is 32.8. The fraction of sp³-hybridized carbons (Fsp3) is 0. The first-order chi connectivity index (χ1) is 7.50. The van der Waals surface area contributed by atoms with E-state index < -0.39 is 10.1 Å². The first-order valence-electron chi connectivity index (χ1n) is 4.38. The lowest BCUT2D eigenvalue weighted by molar-refractivity contribution is 0.463. The molecule has 0 saturated carbocycles. The lowest BCUT2D eigenvalue weighted by atomic mass is 10.1. The van der Waals surface area contributed by atoms with E-state index in [4.69, 9.17) is 5.73 Å². The van der Waals surface area contributed by atoms with Gasteiger partial charge in [0.25, 0.3) is 0 Å². The van der Waals surface area contributed by atoms with E-state index in [0.717, 1.165) is 4.88 Å². The molecule has 84 valence electrons. The van der Waals surface area contributed by atoms with Gasteiger partial charge < -0.3 is 10.3 Å². The quantitative estimate of drug-likeness (QED) is 0.655. The average Bonchev–Trinajstić information content (AvgIpc) is 2.69. The lowest BCUT2D eigenvalue weighted by Crippen LogP contribution is -2.04. The van der Waals surface area contributed by atoms with Gasteiger partial charge in [-0.2, -0.15) is 0 Å². The molecule has 0 aliphatic heterocycles. The third kappa shape index (κ3) is 1.95. The molecule has 2 N–H and O–H groups in total. The van der Waals surface area contributed by atoms with Crippen molar-refractivity contribution in [1.29, 1.82) is 0 Å². The fourth-order valence-corrected chi connectivity index (χ4v) is 2.80. The molecule has 4 nitrogen and oxygen atoms in total. The molecular weight excluding hydrogens is 246 g/mol. The van der Waals surface area contributed by atoms with Gasteiger partial charge in [0.2, 0.25) is 0 Å². The maximum atomic E-state index is 10.9. The largest absolute Gasteiger partial charge is 0.744 e. The summed E-state index contributed by atoms with van der Waals surface area (Å²) in [7, 11) is -4.52. The van der Waals surface area contributed by atoms with Crippen molar-refractivity contribution < 1.29 is 13.0 Å². The second-order valence-electron chi connectivity index (χ2n) is 3.15. The minimum atomic E-state index is -4.52. The van der Waals surface area contributed by atoms with Gasteiger partial charge in [-0.05, 0) is 17.5 Å². The molecule has 2 aromatic rings. The molecule has 0 atom stereocenters. The van der Waals surface area contributed by atoms with E-state index in [9.17, 15) is 13.0 Å². The number of thiophene rings is 1. The Balaban J connectivity index is 2.67. The molecule has 0 aliphatic rings. The van der Waals surface area contributed by atoms with Crippen molar-refractivity contribution in [3.05, 3.63) is 35.7 Å². The Bertz CT molecular complexity index is 603. The van der Waals surface area contributed by atoms with Gasteiger partial charge in [-0.3, -0.25) is 0 Å². The maximum absolute atomic E-state index is 10.9.